The first-order valence-corrected chi connectivity index (χ1v) is 8.16. The maximum absolute atomic E-state index is 4.44. The fourth-order valence-electron chi connectivity index (χ4n) is 3.72. The Balaban J connectivity index is 1.53. The molecule has 5 rings (SSSR count). The molecular weight excluding hydrogens is 288 g/mol. The number of fused-ring (bicyclic) bond motifs is 3. The van der Waals surface area contributed by atoms with Gasteiger partial charge in [-0.25, -0.2) is 0 Å². The minimum Gasteiger partial charge on any atom is -0.309 e. The van der Waals surface area contributed by atoms with E-state index in [2.05, 4.69) is 48.5 Å². The summed E-state index contributed by atoms with van der Waals surface area (Å²) in [5.41, 5.74) is 2.97. The van der Waals surface area contributed by atoms with Crippen molar-refractivity contribution >= 4 is 0 Å². The predicted octanol–water partition coefficient (Wildman–Crippen LogP) is 2.01. The minimum absolute atomic E-state index is 0.535. The lowest BCUT2D eigenvalue weighted by molar-refractivity contribution is 0.509. The van der Waals surface area contributed by atoms with Gasteiger partial charge in [0.2, 0.25) is 0 Å². The zero-order valence-electron chi connectivity index (χ0n) is 12.7. The Morgan fingerprint density at radius 2 is 1.91 bits per heavy atom. The highest BCUT2D eigenvalue weighted by molar-refractivity contribution is 5.65. The van der Waals surface area contributed by atoms with E-state index in [4.69, 9.17) is 0 Å². The molecule has 2 atom stereocenters. The second-order valence-corrected chi connectivity index (χ2v) is 6.43. The Kier molecular flexibility index (Phi) is 2.84. The van der Waals surface area contributed by atoms with Crippen molar-refractivity contribution in [2.45, 2.75) is 37.9 Å². The fraction of sp³-hybridized carbons (Fsp3) is 0.353. The van der Waals surface area contributed by atoms with Gasteiger partial charge in [0.1, 0.15) is 11.5 Å². The van der Waals surface area contributed by atoms with Crippen molar-refractivity contribution in [2.24, 2.45) is 0 Å². The van der Waals surface area contributed by atoms with Crippen LogP contribution in [0.2, 0.25) is 0 Å². The smallest absolute Gasteiger partial charge is 0.182 e. The monoisotopic (exact) mass is 306 g/mol. The molecule has 4 heterocycles. The molecule has 2 N–H and O–H groups in total. The third kappa shape index (κ3) is 2.17. The Morgan fingerprint density at radius 3 is 2.83 bits per heavy atom. The van der Waals surface area contributed by atoms with Gasteiger partial charge < -0.3 is 9.88 Å². The van der Waals surface area contributed by atoms with Crippen molar-refractivity contribution in [2.75, 3.05) is 0 Å². The molecule has 0 spiro atoms. The van der Waals surface area contributed by atoms with E-state index in [1.165, 1.54) is 12.8 Å². The van der Waals surface area contributed by atoms with E-state index >= 15 is 0 Å². The van der Waals surface area contributed by atoms with Crippen molar-refractivity contribution in [3.63, 3.8) is 0 Å². The van der Waals surface area contributed by atoms with Crippen molar-refractivity contribution in [3.05, 3.63) is 42.2 Å². The lowest BCUT2D eigenvalue weighted by atomic mass is 10.1. The van der Waals surface area contributed by atoms with Crippen molar-refractivity contribution in [1.29, 1.82) is 0 Å². The first kappa shape index (κ1) is 13.0. The number of nitrogens with zero attached hydrogens (tertiary/aromatic N) is 4. The summed E-state index contributed by atoms with van der Waals surface area (Å²) in [7, 11) is 0. The molecule has 0 amide bonds. The lowest BCUT2D eigenvalue weighted by Gasteiger charge is -2.12. The molecule has 1 aromatic carbocycles. The van der Waals surface area contributed by atoms with E-state index in [0.717, 1.165) is 41.6 Å². The standard InChI is InChI=1S/C17H18N6/c1-2-4-11(5-3-1)14-9-15(20-19-14)17-22-21-16-8-12-6-7-13(18-12)10-23(16)17/h1-5,9,12-13,18H,6-8,10H2,(H,19,20). The van der Waals surface area contributed by atoms with Gasteiger partial charge in [-0.1, -0.05) is 30.3 Å². The molecule has 6 heteroatoms. The normalized spacial score (nSPS) is 22.8. The van der Waals surface area contributed by atoms with Gasteiger partial charge in [0.15, 0.2) is 5.82 Å². The Hall–Kier alpha value is -2.47. The number of rotatable bonds is 2. The predicted molar refractivity (Wildman–Crippen MR) is 86.7 cm³/mol. The Bertz CT molecular complexity index is 834. The average molecular weight is 306 g/mol. The maximum Gasteiger partial charge on any atom is 0.182 e. The van der Waals surface area contributed by atoms with E-state index < -0.39 is 0 Å². The Labute approximate surface area is 133 Å². The van der Waals surface area contributed by atoms with Crippen LogP contribution in [-0.2, 0) is 13.0 Å². The first-order chi connectivity index (χ1) is 11.4. The largest absolute Gasteiger partial charge is 0.309 e. The summed E-state index contributed by atoms with van der Waals surface area (Å²) in [5, 5.41) is 20.1. The summed E-state index contributed by atoms with van der Waals surface area (Å²) >= 11 is 0. The van der Waals surface area contributed by atoms with E-state index in [1.807, 2.05) is 18.2 Å². The van der Waals surface area contributed by atoms with E-state index in [0.29, 0.717) is 12.1 Å². The quantitative estimate of drug-likeness (QED) is 0.760. The van der Waals surface area contributed by atoms with Crippen LogP contribution >= 0.6 is 0 Å². The lowest BCUT2D eigenvalue weighted by Crippen LogP contribution is -2.30. The number of nitrogens with one attached hydrogen (secondary N) is 2. The molecule has 2 aliphatic rings. The number of H-pyrrole nitrogens is 1. The number of hydrogen-bond donors (Lipinski definition) is 2. The number of benzene rings is 1. The molecule has 2 bridgehead atoms. The highest BCUT2D eigenvalue weighted by atomic mass is 15.3. The molecule has 6 nitrogen and oxygen atoms in total. The van der Waals surface area contributed by atoms with Gasteiger partial charge in [0.05, 0.1) is 5.69 Å². The maximum atomic E-state index is 4.44. The van der Waals surface area contributed by atoms with Crippen LogP contribution in [0.4, 0.5) is 0 Å². The van der Waals surface area contributed by atoms with Gasteiger partial charge in [-0.05, 0) is 18.9 Å². The van der Waals surface area contributed by atoms with Crippen LogP contribution in [0.25, 0.3) is 22.8 Å². The number of aromatic nitrogens is 5. The van der Waals surface area contributed by atoms with E-state index in [1.54, 1.807) is 0 Å². The van der Waals surface area contributed by atoms with Crippen molar-refractivity contribution in [1.82, 2.24) is 30.3 Å². The summed E-state index contributed by atoms with van der Waals surface area (Å²) < 4.78 is 2.25. The summed E-state index contributed by atoms with van der Waals surface area (Å²) in [4.78, 5) is 0. The van der Waals surface area contributed by atoms with Crippen molar-refractivity contribution < 1.29 is 0 Å². The molecule has 0 aliphatic carbocycles. The number of aromatic amines is 1. The van der Waals surface area contributed by atoms with Crippen molar-refractivity contribution in [3.8, 4) is 22.8 Å². The highest BCUT2D eigenvalue weighted by Crippen LogP contribution is 2.27. The molecule has 2 aromatic heterocycles. The van der Waals surface area contributed by atoms with Gasteiger partial charge in [-0.3, -0.25) is 5.10 Å². The van der Waals surface area contributed by atoms with Gasteiger partial charge >= 0.3 is 0 Å². The molecule has 2 aliphatic heterocycles. The van der Waals surface area contributed by atoms with E-state index in [-0.39, 0.29) is 0 Å². The molecule has 3 aromatic rings. The van der Waals surface area contributed by atoms with Crippen LogP contribution < -0.4 is 5.32 Å². The Morgan fingerprint density at radius 1 is 1.04 bits per heavy atom. The zero-order chi connectivity index (χ0) is 15.2. The van der Waals surface area contributed by atoms with Crippen LogP contribution in [0, 0.1) is 0 Å². The molecular formula is C17H18N6. The van der Waals surface area contributed by atoms with Gasteiger partial charge in [-0.2, -0.15) is 5.10 Å². The average Bonchev–Trinajstić information content (AvgIpc) is 3.27. The van der Waals surface area contributed by atoms with Crippen LogP contribution in [-0.4, -0.2) is 37.0 Å². The third-order valence-corrected chi connectivity index (χ3v) is 4.88. The second-order valence-electron chi connectivity index (χ2n) is 6.43. The molecule has 1 fully saturated rings. The summed E-state index contributed by atoms with van der Waals surface area (Å²) in [5.74, 6) is 1.97. The summed E-state index contributed by atoms with van der Waals surface area (Å²) in [6.07, 6.45) is 3.44. The fourth-order valence-corrected chi connectivity index (χ4v) is 3.72. The van der Waals surface area contributed by atoms with Gasteiger partial charge in [0, 0.05) is 30.6 Å². The van der Waals surface area contributed by atoms with Crippen LogP contribution in [0.5, 0.6) is 0 Å². The van der Waals surface area contributed by atoms with E-state index in [9.17, 15) is 0 Å². The summed E-state index contributed by atoms with van der Waals surface area (Å²) in [6, 6.07) is 13.3. The zero-order valence-corrected chi connectivity index (χ0v) is 12.7. The first-order valence-electron chi connectivity index (χ1n) is 8.16. The number of hydrogen-bond acceptors (Lipinski definition) is 4. The molecule has 0 radical (unpaired) electrons. The minimum atomic E-state index is 0.535. The second kappa shape index (κ2) is 5.03. The molecule has 1 saturated heterocycles. The topological polar surface area (TPSA) is 71.4 Å². The SMILES string of the molecule is c1ccc(-c2cc(-c3nnc4n3CC3CCC(C4)N3)[nH]n2)cc1. The highest BCUT2D eigenvalue weighted by Gasteiger charge is 2.31. The van der Waals surface area contributed by atoms with Crippen LogP contribution in [0.15, 0.2) is 36.4 Å². The van der Waals surface area contributed by atoms with Crippen LogP contribution in [0.1, 0.15) is 18.7 Å². The van der Waals surface area contributed by atoms with Gasteiger partial charge in [-0.15, -0.1) is 10.2 Å². The molecule has 2 unspecified atom stereocenters. The van der Waals surface area contributed by atoms with Gasteiger partial charge in [0.25, 0.3) is 0 Å². The summed E-state index contributed by atoms with van der Waals surface area (Å²) in [6.45, 7) is 0.938. The third-order valence-electron chi connectivity index (χ3n) is 4.88. The molecule has 0 saturated carbocycles. The molecule has 116 valence electrons. The molecule has 23 heavy (non-hydrogen) atoms. The van der Waals surface area contributed by atoms with Crippen LogP contribution in [0.3, 0.4) is 0 Å².